The van der Waals surface area contributed by atoms with E-state index in [2.05, 4.69) is 21.2 Å². The average molecular weight is 492 g/mol. The molecule has 4 aromatic rings. The number of hydrogen-bond donors (Lipinski definition) is 1. The van der Waals surface area contributed by atoms with Crippen molar-refractivity contribution < 1.29 is 18.7 Å². The van der Waals surface area contributed by atoms with Crippen LogP contribution in [0.4, 0.5) is 0 Å². The summed E-state index contributed by atoms with van der Waals surface area (Å²) in [5.41, 5.74) is 0.834. The van der Waals surface area contributed by atoms with Gasteiger partial charge in [0.2, 0.25) is 0 Å². The minimum atomic E-state index is -0.760. The summed E-state index contributed by atoms with van der Waals surface area (Å²) in [6, 6.07) is 22.7. The van der Waals surface area contributed by atoms with Crippen molar-refractivity contribution >= 4 is 38.8 Å². The van der Waals surface area contributed by atoms with Crippen molar-refractivity contribution in [2.24, 2.45) is 0 Å². The van der Waals surface area contributed by atoms with Crippen molar-refractivity contribution in [3.63, 3.8) is 0 Å². The van der Waals surface area contributed by atoms with Crippen LogP contribution in [-0.2, 0) is 6.42 Å². The first-order valence-corrected chi connectivity index (χ1v) is 10.7. The summed E-state index contributed by atoms with van der Waals surface area (Å²) in [6.07, 6.45) is 0.651. The molecule has 3 aromatic carbocycles. The highest BCUT2D eigenvalue weighted by Crippen LogP contribution is 2.23. The van der Waals surface area contributed by atoms with Crippen LogP contribution in [0.2, 0.25) is 0 Å². The number of halogens is 1. The van der Waals surface area contributed by atoms with Crippen LogP contribution in [0.5, 0.6) is 5.75 Å². The summed E-state index contributed by atoms with van der Waals surface area (Å²) >= 11 is 3.31. The van der Waals surface area contributed by atoms with Crippen molar-refractivity contribution in [3.05, 3.63) is 110 Å². The maximum Gasteiger partial charge on any atom is 0.349 e. The maximum atomic E-state index is 12.5. The molecule has 0 saturated heterocycles. The molecule has 0 saturated carbocycles. The van der Waals surface area contributed by atoms with Gasteiger partial charge < -0.3 is 14.5 Å². The summed E-state index contributed by atoms with van der Waals surface area (Å²) in [6.45, 7) is 0.393. The van der Waals surface area contributed by atoms with E-state index in [1.807, 2.05) is 30.3 Å². The van der Waals surface area contributed by atoms with E-state index in [9.17, 15) is 14.4 Å². The number of benzene rings is 3. The van der Waals surface area contributed by atoms with E-state index >= 15 is 0 Å². The van der Waals surface area contributed by atoms with E-state index in [1.54, 1.807) is 36.4 Å². The second-order valence-electron chi connectivity index (χ2n) is 7.01. The molecule has 1 N–H and O–H groups in total. The molecular weight excluding hydrogens is 474 g/mol. The zero-order chi connectivity index (χ0) is 22.5. The zero-order valence-electron chi connectivity index (χ0n) is 16.8. The molecule has 1 amide bonds. The second kappa shape index (κ2) is 9.62. The van der Waals surface area contributed by atoms with Crippen molar-refractivity contribution in [2.45, 2.75) is 6.42 Å². The Kier molecular flexibility index (Phi) is 6.47. The second-order valence-corrected chi connectivity index (χ2v) is 7.86. The maximum absolute atomic E-state index is 12.5. The lowest BCUT2D eigenvalue weighted by atomic mass is 10.1. The molecule has 0 radical (unpaired) electrons. The molecule has 4 rings (SSSR count). The van der Waals surface area contributed by atoms with Crippen LogP contribution in [0.3, 0.4) is 0 Å². The van der Waals surface area contributed by atoms with Crippen LogP contribution < -0.4 is 15.7 Å². The summed E-state index contributed by atoms with van der Waals surface area (Å²) in [5.74, 6) is -0.823. The van der Waals surface area contributed by atoms with Gasteiger partial charge in [-0.05, 0) is 58.2 Å². The van der Waals surface area contributed by atoms with Gasteiger partial charge >= 0.3 is 11.6 Å². The lowest BCUT2D eigenvalue weighted by Crippen LogP contribution is -2.29. The van der Waals surface area contributed by atoms with Gasteiger partial charge in [0.25, 0.3) is 5.91 Å². The van der Waals surface area contributed by atoms with Crippen LogP contribution in [-0.4, -0.2) is 18.4 Å². The first kappa shape index (κ1) is 21.5. The zero-order valence-corrected chi connectivity index (χ0v) is 18.4. The van der Waals surface area contributed by atoms with Crippen LogP contribution >= 0.6 is 15.9 Å². The van der Waals surface area contributed by atoms with E-state index in [0.29, 0.717) is 28.4 Å². The molecule has 0 unspecified atom stereocenters. The first-order chi connectivity index (χ1) is 15.5. The topological polar surface area (TPSA) is 85.6 Å². The molecule has 32 heavy (non-hydrogen) atoms. The van der Waals surface area contributed by atoms with Crippen molar-refractivity contribution in [2.75, 3.05) is 6.54 Å². The third kappa shape index (κ3) is 4.95. The van der Waals surface area contributed by atoms with E-state index in [1.165, 1.54) is 12.1 Å². The monoisotopic (exact) mass is 491 g/mol. The standard InChI is InChI=1S/C25H18BrNO5/c26-21-9-5-4-8-19(21)24(29)31-18-11-10-17-14-20(25(30)32-22(17)15-18)23(28)27-13-12-16-6-2-1-3-7-16/h1-11,14-15H,12-13H2,(H,27,28). The lowest BCUT2D eigenvalue weighted by Gasteiger charge is -2.08. The molecule has 6 nitrogen and oxygen atoms in total. The fourth-order valence-corrected chi connectivity index (χ4v) is 3.61. The third-order valence-electron chi connectivity index (χ3n) is 4.80. The highest BCUT2D eigenvalue weighted by molar-refractivity contribution is 9.10. The lowest BCUT2D eigenvalue weighted by molar-refractivity contribution is 0.0733. The number of rotatable bonds is 6. The third-order valence-corrected chi connectivity index (χ3v) is 5.49. The van der Waals surface area contributed by atoms with Crippen LogP contribution in [0, 0.1) is 0 Å². The number of amides is 1. The van der Waals surface area contributed by atoms with Crippen LogP contribution in [0.25, 0.3) is 11.0 Å². The van der Waals surface area contributed by atoms with E-state index in [4.69, 9.17) is 9.15 Å². The van der Waals surface area contributed by atoms with Gasteiger partial charge in [-0.25, -0.2) is 9.59 Å². The minimum absolute atomic E-state index is 0.0801. The van der Waals surface area contributed by atoms with Gasteiger partial charge in [-0.2, -0.15) is 0 Å². The molecule has 160 valence electrons. The van der Waals surface area contributed by atoms with Gasteiger partial charge in [0.15, 0.2) is 0 Å². The largest absolute Gasteiger partial charge is 0.423 e. The number of carbonyl (C=O) groups is 2. The quantitative estimate of drug-likeness (QED) is 0.239. The molecule has 0 fully saturated rings. The van der Waals surface area contributed by atoms with Crippen LogP contribution in [0.15, 0.2) is 92.5 Å². The van der Waals surface area contributed by atoms with Crippen molar-refractivity contribution in [1.29, 1.82) is 0 Å². The molecule has 0 spiro atoms. The Hall–Kier alpha value is -3.71. The molecular formula is C25H18BrNO5. The van der Waals surface area contributed by atoms with Gasteiger partial charge in [0.1, 0.15) is 16.9 Å². The van der Waals surface area contributed by atoms with Gasteiger partial charge in [-0.3, -0.25) is 4.79 Å². The molecule has 0 aliphatic carbocycles. The highest BCUT2D eigenvalue weighted by atomic mass is 79.9. The summed E-state index contributed by atoms with van der Waals surface area (Å²) in [5, 5.41) is 3.28. The molecule has 1 heterocycles. The number of nitrogens with one attached hydrogen (secondary N) is 1. The average Bonchev–Trinajstić information content (AvgIpc) is 2.79. The summed E-state index contributed by atoms with van der Waals surface area (Å²) in [4.78, 5) is 37.2. The molecule has 0 bridgehead atoms. The van der Waals surface area contributed by atoms with Crippen molar-refractivity contribution in [3.8, 4) is 5.75 Å². The number of carbonyl (C=O) groups excluding carboxylic acids is 2. The van der Waals surface area contributed by atoms with E-state index in [-0.39, 0.29) is 16.9 Å². The normalized spacial score (nSPS) is 10.7. The predicted molar refractivity (Wildman–Crippen MR) is 124 cm³/mol. The fraction of sp³-hybridized carbons (Fsp3) is 0.0800. The molecule has 0 aliphatic heterocycles. The Balaban J connectivity index is 1.48. The molecule has 0 atom stereocenters. The number of esters is 1. The first-order valence-electron chi connectivity index (χ1n) is 9.88. The Labute approximate surface area is 192 Å². The van der Waals surface area contributed by atoms with E-state index < -0.39 is 17.5 Å². The van der Waals surface area contributed by atoms with Gasteiger partial charge in [0.05, 0.1) is 5.56 Å². The number of ether oxygens (including phenoxy) is 1. The Morgan fingerprint density at radius 1 is 0.906 bits per heavy atom. The number of fused-ring (bicyclic) bond motifs is 1. The highest BCUT2D eigenvalue weighted by Gasteiger charge is 2.16. The molecule has 7 heteroatoms. The number of hydrogen-bond acceptors (Lipinski definition) is 5. The molecule has 1 aromatic heterocycles. The van der Waals surface area contributed by atoms with E-state index in [0.717, 1.165) is 5.56 Å². The van der Waals surface area contributed by atoms with Gasteiger partial charge in [-0.1, -0.05) is 42.5 Å². The smallest absolute Gasteiger partial charge is 0.349 e. The van der Waals surface area contributed by atoms with Crippen LogP contribution in [0.1, 0.15) is 26.3 Å². The molecule has 0 aliphatic rings. The van der Waals surface area contributed by atoms with Gasteiger partial charge in [0, 0.05) is 22.5 Å². The van der Waals surface area contributed by atoms with Crippen molar-refractivity contribution in [1.82, 2.24) is 5.32 Å². The summed E-state index contributed by atoms with van der Waals surface area (Å²) in [7, 11) is 0. The SMILES string of the molecule is O=C(Oc1ccc2cc(C(=O)NCCc3ccccc3)c(=O)oc2c1)c1ccccc1Br. The Bertz CT molecular complexity index is 1350. The fourth-order valence-electron chi connectivity index (χ4n) is 3.16. The van der Waals surface area contributed by atoms with Gasteiger partial charge in [-0.15, -0.1) is 0 Å². The Morgan fingerprint density at radius 2 is 1.66 bits per heavy atom. The predicted octanol–water partition coefficient (Wildman–Crippen LogP) is 4.75. The minimum Gasteiger partial charge on any atom is -0.423 e. The Morgan fingerprint density at radius 3 is 2.44 bits per heavy atom. The summed E-state index contributed by atoms with van der Waals surface area (Å²) < 4.78 is 11.3.